The smallest absolute Gasteiger partial charge is 0.338 e. The summed E-state index contributed by atoms with van der Waals surface area (Å²) in [4.78, 5) is 10.6. The van der Waals surface area contributed by atoms with E-state index in [0.29, 0.717) is 12.6 Å². The van der Waals surface area contributed by atoms with E-state index in [1.165, 1.54) is 6.07 Å². The third-order valence-electron chi connectivity index (χ3n) is 3.28. The van der Waals surface area contributed by atoms with Crippen molar-refractivity contribution < 1.29 is 18.7 Å². The van der Waals surface area contributed by atoms with E-state index in [0.717, 1.165) is 31.9 Å². The maximum atomic E-state index is 13.6. The molecule has 1 unspecified atom stereocenters. The molecule has 0 saturated carbocycles. The second kappa shape index (κ2) is 5.97. The van der Waals surface area contributed by atoms with Crippen molar-refractivity contribution in [1.82, 2.24) is 5.32 Å². The molecular weight excluding hydrogens is 254 g/mol. The summed E-state index contributed by atoms with van der Waals surface area (Å²) in [5.74, 6) is -3.94. The van der Waals surface area contributed by atoms with Crippen LogP contribution in [-0.4, -0.2) is 30.2 Å². The van der Waals surface area contributed by atoms with Crippen LogP contribution in [0.5, 0.6) is 0 Å². The minimum atomic E-state index is -1.47. The Morgan fingerprint density at radius 3 is 2.84 bits per heavy atom. The maximum absolute atomic E-state index is 13.6. The molecule has 1 aromatic carbocycles. The predicted octanol–water partition coefficient (Wildman–Crippen LogP) is 2.22. The Hall–Kier alpha value is -1.69. The molecule has 0 radical (unpaired) electrons. The molecule has 0 aliphatic carbocycles. The highest BCUT2D eigenvalue weighted by Crippen LogP contribution is 2.21. The highest BCUT2D eigenvalue weighted by Gasteiger charge is 2.18. The molecular formula is C13H16F2N2O2. The van der Waals surface area contributed by atoms with Crippen molar-refractivity contribution >= 4 is 11.7 Å². The van der Waals surface area contributed by atoms with Gasteiger partial charge in [-0.3, -0.25) is 0 Å². The van der Waals surface area contributed by atoms with E-state index in [-0.39, 0.29) is 5.69 Å². The standard InChI is InChI=1S/C13H16F2N2O2/c14-11-9(13(18)19)3-4-10(12(11)15)17-7-5-8-2-1-6-16-8/h3-4,8,16-17H,1-2,5-7H2,(H,18,19). The molecule has 3 N–H and O–H groups in total. The van der Waals surface area contributed by atoms with Crippen molar-refractivity contribution in [1.29, 1.82) is 0 Å². The van der Waals surface area contributed by atoms with E-state index in [4.69, 9.17) is 5.11 Å². The molecule has 1 atom stereocenters. The number of hydrogen-bond donors (Lipinski definition) is 3. The number of rotatable bonds is 5. The van der Waals surface area contributed by atoms with Gasteiger partial charge in [-0.1, -0.05) is 0 Å². The molecule has 1 fully saturated rings. The van der Waals surface area contributed by atoms with Gasteiger partial charge in [0.2, 0.25) is 0 Å². The van der Waals surface area contributed by atoms with E-state index in [2.05, 4.69) is 10.6 Å². The zero-order chi connectivity index (χ0) is 13.8. The van der Waals surface area contributed by atoms with Gasteiger partial charge in [0.1, 0.15) is 0 Å². The number of anilines is 1. The number of carbonyl (C=O) groups is 1. The van der Waals surface area contributed by atoms with Crippen molar-refractivity contribution in [3.05, 3.63) is 29.3 Å². The Bertz CT molecular complexity index is 474. The average molecular weight is 270 g/mol. The van der Waals surface area contributed by atoms with Gasteiger partial charge in [-0.05, 0) is 37.9 Å². The van der Waals surface area contributed by atoms with Gasteiger partial charge >= 0.3 is 5.97 Å². The quantitative estimate of drug-likeness (QED) is 0.767. The molecule has 1 saturated heterocycles. The Labute approximate surface area is 109 Å². The third-order valence-corrected chi connectivity index (χ3v) is 3.28. The van der Waals surface area contributed by atoms with E-state index < -0.39 is 23.2 Å². The van der Waals surface area contributed by atoms with Crippen LogP contribution in [0.3, 0.4) is 0 Å². The van der Waals surface area contributed by atoms with E-state index >= 15 is 0 Å². The van der Waals surface area contributed by atoms with Crippen LogP contribution >= 0.6 is 0 Å². The topological polar surface area (TPSA) is 61.4 Å². The Morgan fingerprint density at radius 2 is 2.21 bits per heavy atom. The molecule has 6 heteroatoms. The zero-order valence-electron chi connectivity index (χ0n) is 10.4. The lowest BCUT2D eigenvalue weighted by Crippen LogP contribution is -2.24. The first-order chi connectivity index (χ1) is 9.09. The molecule has 0 spiro atoms. The third kappa shape index (κ3) is 3.20. The van der Waals surface area contributed by atoms with Gasteiger partial charge in [0.15, 0.2) is 11.6 Å². The minimum absolute atomic E-state index is 0.000460. The van der Waals surface area contributed by atoms with Gasteiger partial charge < -0.3 is 15.7 Å². The molecule has 0 bridgehead atoms. The SMILES string of the molecule is O=C(O)c1ccc(NCCC2CCCN2)c(F)c1F. The first-order valence-electron chi connectivity index (χ1n) is 6.28. The largest absolute Gasteiger partial charge is 0.478 e. The molecule has 1 aliphatic rings. The number of carboxylic acid groups (broad SMARTS) is 1. The summed E-state index contributed by atoms with van der Waals surface area (Å²) in [5, 5.41) is 14.8. The summed E-state index contributed by atoms with van der Waals surface area (Å²) in [5.41, 5.74) is -0.652. The highest BCUT2D eigenvalue weighted by molar-refractivity contribution is 5.88. The van der Waals surface area contributed by atoms with Crippen LogP contribution in [0, 0.1) is 11.6 Å². The molecule has 4 nitrogen and oxygen atoms in total. The van der Waals surface area contributed by atoms with Crippen molar-refractivity contribution in [3.63, 3.8) is 0 Å². The summed E-state index contributed by atoms with van der Waals surface area (Å²) < 4.78 is 27.0. The summed E-state index contributed by atoms with van der Waals surface area (Å²) >= 11 is 0. The highest BCUT2D eigenvalue weighted by atomic mass is 19.2. The molecule has 1 heterocycles. The molecule has 0 amide bonds. The number of carboxylic acids is 1. The first kappa shape index (κ1) is 13.7. The Balaban J connectivity index is 1.96. The monoisotopic (exact) mass is 270 g/mol. The van der Waals surface area contributed by atoms with Gasteiger partial charge in [-0.25, -0.2) is 13.6 Å². The van der Waals surface area contributed by atoms with E-state index in [1.54, 1.807) is 0 Å². The predicted molar refractivity (Wildman–Crippen MR) is 67.4 cm³/mol. The van der Waals surface area contributed by atoms with E-state index in [9.17, 15) is 13.6 Å². The lowest BCUT2D eigenvalue weighted by molar-refractivity contribution is 0.0690. The molecule has 1 aromatic rings. The van der Waals surface area contributed by atoms with Crippen LogP contribution < -0.4 is 10.6 Å². The van der Waals surface area contributed by atoms with Gasteiger partial charge in [-0.2, -0.15) is 0 Å². The zero-order valence-corrected chi connectivity index (χ0v) is 10.4. The number of aromatic carboxylic acids is 1. The number of halogens is 2. The van der Waals surface area contributed by atoms with Crippen LogP contribution in [0.25, 0.3) is 0 Å². The normalized spacial score (nSPS) is 18.5. The number of nitrogens with one attached hydrogen (secondary N) is 2. The van der Waals surface area contributed by atoms with Gasteiger partial charge in [0.25, 0.3) is 0 Å². The fraction of sp³-hybridized carbons (Fsp3) is 0.462. The second-order valence-electron chi connectivity index (χ2n) is 4.60. The van der Waals surface area contributed by atoms with Gasteiger partial charge in [0.05, 0.1) is 11.3 Å². The molecule has 1 aliphatic heterocycles. The molecule has 104 valence electrons. The lowest BCUT2D eigenvalue weighted by atomic mass is 10.1. The Kier molecular flexibility index (Phi) is 4.31. The fourth-order valence-corrected chi connectivity index (χ4v) is 2.24. The van der Waals surface area contributed by atoms with Crippen LogP contribution in [-0.2, 0) is 0 Å². The van der Waals surface area contributed by atoms with Gasteiger partial charge in [-0.15, -0.1) is 0 Å². The van der Waals surface area contributed by atoms with Crippen molar-refractivity contribution in [2.24, 2.45) is 0 Å². The summed E-state index contributed by atoms with van der Waals surface area (Å²) in [6, 6.07) is 2.74. The maximum Gasteiger partial charge on any atom is 0.338 e. The summed E-state index contributed by atoms with van der Waals surface area (Å²) in [6.07, 6.45) is 3.05. The number of benzene rings is 1. The second-order valence-corrected chi connectivity index (χ2v) is 4.60. The van der Waals surface area contributed by atoms with Crippen LogP contribution in [0.2, 0.25) is 0 Å². The van der Waals surface area contributed by atoms with Gasteiger partial charge in [0, 0.05) is 12.6 Å². The van der Waals surface area contributed by atoms with Crippen molar-refractivity contribution in [3.8, 4) is 0 Å². The number of hydrogen-bond acceptors (Lipinski definition) is 3. The fourth-order valence-electron chi connectivity index (χ4n) is 2.24. The first-order valence-corrected chi connectivity index (χ1v) is 6.28. The van der Waals surface area contributed by atoms with Crippen molar-refractivity contribution in [2.45, 2.75) is 25.3 Å². The summed E-state index contributed by atoms with van der Waals surface area (Å²) in [6.45, 7) is 1.52. The van der Waals surface area contributed by atoms with Crippen LogP contribution in [0.15, 0.2) is 12.1 Å². The molecule has 19 heavy (non-hydrogen) atoms. The summed E-state index contributed by atoms with van der Waals surface area (Å²) in [7, 11) is 0. The molecule has 2 rings (SSSR count). The molecule has 0 aromatic heterocycles. The van der Waals surface area contributed by atoms with Crippen LogP contribution in [0.4, 0.5) is 14.5 Å². The lowest BCUT2D eigenvalue weighted by Gasteiger charge is -2.12. The van der Waals surface area contributed by atoms with Crippen molar-refractivity contribution in [2.75, 3.05) is 18.4 Å². The van der Waals surface area contributed by atoms with Crippen LogP contribution in [0.1, 0.15) is 29.6 Å². The Morgan fingerprint density at radius 1 is 1.42 bits per heavy atom. The average Bonchev–Trinajstić information content (AvgIpc) is 2.87. The van der Waals surface area contributed by atoms with E-state index in [1.807, 2.05) is 0 Å². The minimum Gasteiger partial charge on any atom is -0.478 e.